The molecule has 6 heteroatoms. The van der Waals surface area contributed by atoms with Crippen LogP contribution in [0.2, 0.25) is 5.02 Å². The Morgan fingerprint density at radius 1 is 1.32 bits per heavy atom. The zero-order chi connectivity index (χ0) is 17.8. The minimum Gasteiger partial charge on any atom is -0.467 e. The van der Waals surface area contributed by atoms with Gasteiger partial charge in [0.25, 0.3) is 0 Å². The Bertz CT molecular complexity index is 831. The molecule has 1 aromatic carbocycles. The van der Waals surface area contributed by atoms with Gasteiger partial charge in [-0.1, -0.05) is 23.7 Å². The highest BCUT2D eigenvalue weighted by Crippen LogP contribution is 2.29. The summed E-state index contributed by atoms with van der Waals surface area (Å²) < 4.78 is 5.52. The summed E-state index contributed by atoms with van der Waals surface area (Å²) in [6, 6.07) is 14.0. The van der Waals surface area contributed by atoms with Gasteiger partial charge >= 0.3 is 0 Å². The number of hydrogen-bond donors (Lipinski definition) is 1. The molecule has 0 aliphatic heterocycles. The van der Waals surface area contributed by atoms with Crippen LogP contribution in [0.3, 0.4) is 0 Å². The highest BCUT2D eigenvalue weighted by Gasteiger charge is 2.21. The summed E-state index contributed by atoms with van der Waals surface area (Å²) in [7, 11) is 0. The SMILES string of the molecule is Cc1ccc(NC(=S)N(Cc2ccco2)[C@@H](C)c2cccs2)c(Cl)c1. The van der Waals surface area contributed by atoms with E-state index >= 15 is 0 Å². The van der Waals surface area contributed by atoms with Gasteiger partial charge in [-0.25, -0.2) is 0 Å². The first-order valence-electron chi connectivity index (χ1n) is 7.94. The minimum absolute atomic E-state index is 0.120. The lowest BCUT2D eigenvalue weighted by atomic mass is 10.2. The van der Waals surface area contributed by atoms with Crippen molar-refractivity contribution in [2.75, 3.05) is 5.32 Å². The lowest BCUT2D eigenvalue weighted by molar-refractivity contribution is 0.306. The normalized spacial score (nSPS) is 12.0. The molecule has 1 N–H and O–H groups in total. The van der Waals surface area contributed by atoms with Gasteiger partial charge in [0.15, 0.2) is 5.11 Å². The Hall–Kier alpha value is -1.82. The number of rotatable bonds is 5. The molecule has 3 aromatic rings. The molecule has 0 bridgehead atoms. The van der Waals surface area contributed by atoms with E-state index < -0.39 is 0 Å². The van der Waals surface area contributed by atoms with Crippen molar-refractivity contribution in [3.05, 3.63) is 75.3 Å². The number of thiophene rings is 1. The molecule has 0 amide bonds. The summed E-state index contributed by atoms with van der Waals surface area (Å²) in [4.78, 5) is 3.35. The molecule has 130 valence electrons. The van der Waals surface area contributed by atoms with E-state index in [0.717, 1.165) is 17.0 Å². The van der Waals surface area contributed by atoms with Crippen LogP contribution in [0.25, 0.3) is 0 Å². The summed E-state index contributed by atoms with van der Waals surface area (Å²) in [6.07, 6.45) is 1.68. The minimum atomic E-state index is 0.120. The van der Waals surface area contributed by atoms with Crippen molar-refractivity contribution < 1.29 is 4.42 Å². The lowest BCUT2D eigenvalue weighted by Crippen LogP contribution is -2.36. The third-order valence-electron chi connectivity index (χ3n) is 3.96. The second-order valence-electron chi connectivity index (χ2n) is 5.81. The van der Waals surface area contributed by atoms with Crippen molar-refractivity contribution in [1.29, 1.82) is 0 Å². The second-order valence-corrected chi connectivity index (χ2v) is 7.59. The van der Waals surface area contributed by atoms with Crippen LogP contribution in [0.4, 0.5) is 5.69 Å². The number of nitrogens with zero attached hydrogens (tertiary/aromatic N) is 1. The molecule has 1 atom stereocenters. The van der Waals surface area contributed by atoms with Gasteiger partial charge in [0.05, 0.1) is 29.6 Å². The van der Waals surface area contributed by atoms with Crippen LogP contribution >= 0.6 is 35.2 Å². The molecule has 0 saturated heterocycles. The van der Waals surface area contributed by atoms with E-state index in [1.165, 1.54) is 4.88 Å². The van der Waals surface area contributed by atoms with E-state index in [1.54, 1.807) is 17.6 Å². The lowest BCUT2D eigenvalue weighted by Gasteiger charge is -2.31. The summed E-state index contributed by atoms with van der Waals surface area (Å²) in [5.74, 6) is 0.863. The Morgan fingerprint density at radius 3 is 2.80 bits per heavy atom. The van der Waals surface area contributed by atoms with Gasteiger partial charge in [0, 0.05) is 4.88 Å². The van der Waals surface area contributed by atoms with Gasteiger partial charge in [0.1, 0.15) is 5.76 Å². The Morgan fingerprint density at radius 2 is 2.16 bits per heavy atom. The topological polar surface area (TPSA) is 28.4 Å². The summed E-state index contributed by atoms with van der Waals surface area (Å²) in [6.45, 7) is 4.73. The van der Waals surface area contributed by atoms with Crippen LogP contribution in [0.5, 0.6) is 0 Å². The standard InChI is InChI=1S/C19H19ClN2OS2/c1-13-7-8-17(16(20)11-13)21-19(24)22(12-15-5-3-9-23-15)14(2)18-6-4-10-25-18/h3-11,14H,12H2,1-2H3,(H,21,24)/t14-/m0/s1. The molecule has 0 spiro atoms. The molecule has 0 fully saturated rings. The van der Waals surface area contributed by atoms with Gasteiger partial charge in [-0.05, 0) is 67.3 Å². The van der Waals surface area contributed by atoms with Gasteiger partial charge in [-0.15, -0.1) is 11.3 Å². The van der Waals surface area contributed by atoms with Crippen molar-refractivity contribution in [2.24, 2.45) is 0 Å². The van der Waals surface area contributed by atoms with E-state index in [4.69, 9.17) is 28.2 Å². The molecule has 3 nitrogen and oxygen atoms in total. The van der Waals surface area contributed by atoms with E-state index in [2.05, 4.69) is 34.7 Å². The molecule has 0 saturated carbocycles. The van der Waals surface area contributed by atoms with Crippen molar-refractivity contribution in [2.45, 2.75) is 26.4 Å². The first-order valence-corrected chi connectivity index (χ1v) is 9.60. The number of furan rings is 1. The molecule has 3 rings (SSSR count). The van der Waals surface area contributed by atoms with Crippen molar-refractivity contribution >= 4 is 46.0 Å². The predicted molar refractivity (Wildman–Crippen MR) is 109 cm³/mol. The number of nitrogens with one attached hydrogen (secondary N) is 1. The summed E-state index contributed by atoms with van der Waals surface area (Å²) in [5, 5.41) is 6.63. The number of thiocarbonyl (C=S) groups is 1. The Balaban J connectivity index is 1.83. The number of benzene rings is 1. The fourth-order valence-corrected chi connectivity index (χ4v) is 3.96. The molecule has 2 heterocycles. The maximum atomic E-state index is 6.34. The van der Waals surface area contributed by atoms with Crippen LogP contribution < -0.4 is 5.32 Å². The molecule has 0 unspecified atom stereocenters. The van der Waals surface area contributed by atoms with E-state index in [9.17, 15) is 0 Å². The smallest absolute Gasteiger partial charge is 0.174 e. The maximum Gasteiger partial charge on any atom is 0.174 e. The quantitative estimate of drug-likeness (QED) is 0.520. The average molecular weight is 391 g/mol. The van der Waals surface area contributed by atoms with Crippen LogP contribution in [0, 0.1) is 6.92 Å². The Kier molecular flexibility index (Phi) is 5.78. The number of anilines is 1. The highest BCUT2D eigenvalue weighted by molar-refractivity contribution is 7.80. The van der Waals surface area contributed by atoms with Crippen molar-refractivity contribution in [3.8, 4) is 0 Å². The molecular weight excluding hydrogens is 372 g/mol. The first-order chi connectivity index (χ1) is 12.0. The fourth-order valence-electron chi connectivity index (χ4n) is 2.55. The zero-order valence-electron chi connectivity index (χ0n) is 14.0. The first kappa shape index (κ1) is 18.0. The molecule has 0 radical (unpaired) electrons. The molecule has 0 aliphatic rings. The third kappa shape index (κ3) is 4.42. The predicted octanol–water partition coefficient (Wildman–Crippen LogP) is 6.26. The zero-order valence-corrected chi connectivity index (χ0v) is 16.4. The van der Waals surface area contributed by atoms with Crippen LogP contribution in [0.1, 0.15) is 29.2 Å². The van der Waals surface area contributed by atoms with Gasteiger partial charge < -0.3 is 14.6 Å². The number of aryl methyl sites for hydroxylation is 1. The monoisotopic (exact) mass is 390 g/mol. The molecule has 2 aromatic heterocycles. The van der Waals surface area contributed by atoms with Crippen molar-refractivity contribution in [1.82, 2.24) is 4.90 Å². The summed E-state index contributed by atoms with van der Waals surface area (Å²) in [5.41, 5.74) is 1.92. The highest BCUT2D eigenvalue weighted by atomic mass is 35.5. The maximum absolute atomic E-state index is 6.34. The average Bonchev–Trinajstić information content (AvgIpc) is 3.28. The summed E-state index contributed by atoms with van der Waals surface area (Å²) >= 11 is 13.8. The van der Waals surface area contributed by atoms with Gasteiger partial charge in [0.2, 0.25) is 0 Å². The molecule has 0 aliphatic carbocycles. The van der Waals surface area contributed by atoms with Gasteiger partial charge in [-0.2, -0.15) is 0 Å². The second kappa shape index (κ2) is 8.04. The van der Waals surface area contributed by atoms with Crippen LogP contribution in [-0.2, 0) is 6.54 Å². The van der Waals surface area contributed by atoms with Crippen LogP contribution in [-0.4, -0.2) is 10.0 Å². The fraction of sp³-hybridized carbons (Fsp3) is 0.211. The number of hydrogen-bond acceptors (Lipinski definition) is 3. The van der Waals surface area contributed by atoms with Crippen LogP contribution in [0.15, 0.2) is 58.5 Å². The Labute approximate surface area is 162 Å². The van der Waals surface area contributed by atoms with Crippen molar-refractivity contribution in [3.63, 3.8) is 0 Å². The van der Waals surface area contributed by atoms with E-state index in [1.807, 2.05) is 37.3 Å². The number of halogens is 1. The largest absolute Gasteiger partial charge is 0.467 e. The van der Waals surface area contributed by atoms with E-state index in [0.29, 0.717) is 16.7 Å². The third-order valence-corrected chi connectivity index (χ3v) is 5.65. The molecule has 25 heavy (non-hydrogen) atoms. The molecular formula is C19H19ClN2OS2. The van der Waals surface area contributed by atoms with Gasteiger partial charge in [-0.3, -0.25) is 0 Å². The van der Waals surface area contributed by atoms with E-state index in [-0.39, 0.29) is 6.04 Å².